The maximum Gasteiger partial charge on any atom is 0.0109 e. The van der Waals surface area contributed by atoms with E-state index in [9.17, 15) is 0 Å². The minimum atomic E-state index is 1.19. The molecule has 0 heterocycles. The van der Waals surface area contributed by atoms with Crippen LogP contribution in [0, 0.1) is 0 Å². The van der Waals surface area contributed by atoms with Crippen LogP contribution in [-0.4, -0.2) is 74.6 Å². The van der Waals surface area contributed by atoms with Crippen LogP contribution in [0.5, 0.6) is 0 Å². The van der Waals surface area contributed by atoms with Gasteiger partial charge in [0.2, 0.25) is 0 Å². The maximum atomic E-state index is 2.70. The average molecular weight is 342 g/mol. The van der Waals surface area contributed by atoms with Crippen molar-refractivity contribution in [3.63, 3.8) is 0 Å². The van der Waals surface area contributed by atoms with Crippen molar-refractivity contribution >= 4 is 0 Å². The summed E-state index contributed by atoms with van der Waals surface area (Å²) in [5.74, 6) is 0. The Balaban J connectivity index is 3.89. The van der Waals surface area contributed by atoms with Crippen LogP contribution >= 0.6 is 0 Å². The van der Waals surface area contributed by atoms with Crippen LogP contribution in [0.3, 0.4) is 0 Å². The molecule has 0 radical (unpaired) electrons. The Labute approximate surface area is 153 Å². The molecule has 0 amide bonds. The van der Waals surface area contributed by atoms with Crippen LogP contribution < -0.4 is 0 Å². The minimum absolute atomic E-state index is 1.19. The van der Waals surface area contributed by atoms with Crippen molar-refractivity contribution in [2.75, 3.05) is 59.9 Å². The van der Waals surface area contributed by atoms with Gasteiger partial charge in [0.1, 0.15) is 0 Å². The fraction of sp³-hybridized carbons (Fsp3) is 1.00. The lowest BCUT2D eigenvalue weighted by Crippen LogP contribution is -2.37. The third kappa shape index (κ3) is 15.4. The van der Waals surface area contributed by atoms with E-state index in [-0.39, 0.29) is 0 Å². The number of unbranched alkanes of at least 4 members (excludes halogenated alkanes) is 6. The Kier molecular flexibility index (Phi) is 17.6. The van der Waals surface area contributed by atoms with Gasteiger partial charge in [-0.25, -0.2) is 0 Å². The molecule has 0 aromatic carbocycles. The second kappa shape index (κ2) is 17.7. The standard InChI is InChI=1S/C21H47N3/c1-6-9-12-15-22(4)18-19-23(5)20-21-24(16-13-10-7-2)17-14-11-8-3/h6-21H2,1-5H3. The highest BCUT2D eigenvalue weighted by atomic mass is 15.2. The molecule has 0 unspecified atom stereocenters. The number of hydrogen-bond acceptors (Lipinski definition) is 3. The third-order valence-electron chi connectivity index (χ3n) is 4.96. The first-order chi connectivity index (χ1) is 11.6. The lowest BCUT2D eigenvalue weighted by Gasteiger charge is -2.27. The topological polar surface area (TPSA) is 9.72 Å². The monoisotopic (exact) mass is 341 g/mol. The van der Waals surface area contributed by atoms with Gasteiger partial charge in [-0.2, -0.15) is 0 Å². The molecule has 0 aliphatic heterocycles. The van der Waals surface area contributed by atoms with E-state index in [1.165, 1.54) is 104 Å². The zero-order chi connectivity index (χ0) is 18.0. The maximum absolute atomic E-state index is 2.70. The average Bonchev–Trinajstić information content (AvgIpc) is 2.58. The SMILES string of the molecule is CCCCCN(C)CCN(C)CCN(CCCCC)CCCCC. The third-order valence-corrected chi connectivity index (χ3v) is 4.96. The molecule has 0 saturated heterocycles. The van der Waals surface area contributed by atoms with Gasteiger partial charge >= 0.3 is 0 Å². The van der Waals surface area contributed by atoms with Gasteiger partial charge < -0.3 is 14.7 Å². The quantitative estimate of drug-likeness (QED) is 0.334. The zero-order valence-corrected chi connectivity index (χ0v) is 17.7. The Hall–Kier alpha value is -0.120. The number of rotatable bonds is 18. The molecule has 0 saturated carbocycles. The molecule has 0 fully saturated rings. The molecule has 0 N–H and O–H groups in total. The Morgan fingerprint density at radius 2 is 0.792 bits per heavy atom. The molecule has 146 valence electrons. The first-order valence-corrected chi connectivity index (χ1v) is 10.7. The van der Waals surface area contributed by atoms with Crippen molar-refractivity contribution in [2.24, 2.45) is 0 Å². The van der Waals surface area contributed by atoms with Gasteiger partial charge in [0, 0.05) is 26.2 Å². The minimum Gasteiger partial charge on any atom is -0.305 e. The largest absolute Gasteiger partial charge is 0.305 e. The summed E-state index contributed by atoms with van der Waals surface area (Å²) in [5.41, 5.74) is 0. The molecule has 0 bridgehead atoms. The smallest absolute Gasteiger partial charge is 0.0109 e. The molecule has 0 aromatic heterocycles. The highest BCUT2D eigenvalue weighted by Gasteiger charge is 2.07. The van der Waals surface area contributed by atoms with Gasteiger partial charge in [-0.15, -0.1) is 0 Å². The molecular formula is C21H47N3. The van der Waals surface area contributed by atoms with Crippen molar-refractivity contribution in [1.29, 1.82) is 0 Å². The molecular weight excluding hydrogens is 294 g/mol. The summed E-state index contributed by atoms with van der Waals surface area (Å²) in [6.45, 7) is 15.6. The van der Waals surface area contributed by atoms with Crippen molar-refractivity contribution in [2.45, 2.75) is 78.6 Å². The summed E-state index contributed by atoms with van der Waals surface area (Å²) in [4.78, 5) is 7.71. The molecule has 0 atom stereocenters. The summed E-state index contributed by atoms with van der Waals surface area (Å²) in [6, 6.07) is 0. The van der Waals surface area contributed by atoms with E-state index in [1.54, 1.807) is 0 Å². The molecule has 0 spiro atoms. The molecule has 3 heteroatoms. The highest BCUT2D eigenvalue weighted by Crippen LogP contribution is 2.03. The molecule has 0 aliphatic rings. The predicted octanol–water partition coefficient (Wildman–Crippen LogP) is 4.72. The van der Waals surface area contributed by atoms with Gasteiger partial charge in [-0.3, -0.25) is 0 Å². The van der Waals surface area contributed by atoms with E-state index < -0.39 is 0 Å². The lowest BCUT2D eigenvalue weighted by atomic mass is 10.2. The lowest BCUT2D eigenvalue weighted by molar-refractivity contribution is 0.202. The van der Waals surface area contributed by atoms with E-state index >= 15 is 0 Å². The molecule has 3 nitrogen and oxygen atoms in total. The first-order valence-electron chi connectivity index (χ1n) is 10.7. The molecule has 0 rings (SSSR count). The fourth-order valence-corrected chi connectivity index (χ4v) is 3.02. The summed E-state index contributed by atoms with van der Waals surface area (Å²) in [7, 11) is 4.56. The van der Waals surface area contributed by atoms with E-state index in [4.69, 9.17) is 0 Å². The van der Waals surface area contributed by atoms with Crippen molar-refractivity contribution in [1.82, 2.24) is 14.7 Å². The van der Waals surface area contributed by atoms with Gasteiger partial charge in [0.05, 0.1) is 0 Å². The Morgan fingerprint density at radius 1 is 0.417 bits per heavy atom. The number of likely N-dealkylation sites (N-methyl/N-ethyl adjacent to an activating group) is 2. The van der Waals surface area contributed by atoms with Crippen molar-refractivity contribution in [3.8, 4) is 0 Å². The van der Waals surface area contributed by atoms with Crippen LogP contribution in [0.15, 0.2) is 0 Å². The Morgan fingerprint density at radius 3 is 1.25 bits per heavy atom. The number of nitrogens with zero attached hydrogens (tertiary/aromatic N) is 3. The van der Waals surface area contributed by atoms with Crippen LogP contribution in [0.4, 0.5) is 0 Å². The van der Waals surface area contributed by atoms with Crippen molar-refractivity contribution < 1.29 is 0 Å². The molecule has 0 aromatic rings. The number of hydrogen-bond donors (Lipinski definition) is 0. The summed E-state index contributed by atoms with van der Waals surface area (Å²) in [5, 5.41) is 0. The van der Waals surface area contributed by atoms with Gasteiger partial charge in [-0.05, 0) is 53.0 Å². The van der Waals surface area contributed by atoms with E-state index in [0.29, 0.717) is 0 Å². The van der Waals surface area contributed by atoms with Crippen LogP contribution in [0.1, 0.15) is 78.6 Å². The summed E-state index contributed by atoms with van der Waals surface area (Å²) >= 11 is 0. The van der Waals surface area contributed by atoms with Crippen LogP contribution in [0.2, 0.25) is 0 Å². The first kappa shape index (κ1) is 23.9. The molecule has 24 heavy (non-hydrogen) atoms. The highest BCUT2D eigenvalue weighted by molar-refractivity contribution is 4.63. The van der Waals surface area contributed by atoms with Gasteiger partial charge in [-0.1, -0.05) is 59.3 Å². The second-order valence-corrected chi connectivity index (χ2v) is 7.57. The van der Waals surface area contributed by atoms with Crippen LogP contribution in [0.25, 0.3) is 0 Å². The second-order valence-electron chi connectivity index (χ2n) is 7.57. The normalized spacial score (nSPS) is 12.0. The van der Waals surface area contributed by atoms with Gasteiger partial charge in [0.15, 0.2) is 0 Å². The van der Waals surface area contributed by atoms with E-state index in [0.717, 1.165) is 0 Å². The summed E-state index contributed by atoms with van der Waals surface area (Å²) in [6.07, 6.45) is 12.2. The van der Waals surface area contributed by atoms with Gasteiger partial charge in [0.25, 0.3) is 0 Å². The predicted molar refractivity (Wildman–Crippen MR) is 110 cm³/mol. The Bertz CT molecular complexity index is 235. The van der Waals surface area contributed by atoms with E-state index in [2.05, 4.69) is 49.6 Å². The molecule has 0 aliphatic carbocycles. The van der Waals surface area contributed by atoms with Crippen LogP contribution in [-0.2, 0) is 0 Å². The van der Waals surface area contributed by atoms with E-state index in [1.807, 2.05) is 0 Å². The fourth-order valence-electron chi connectivity index (χ4n) is 3.02. The zero-order valence-electron chi connectivity index (χ0n) is 17.7. The summed E-state index contributed by atoms with van der Waals surface area (Å²) < 4.78 is 0. The van der Waals surface area contributed by atoms with Crippen molar-refractivity contribution in [3.05, 3.63) is 0 Å².